The number of aliphatic hydroxyl groups is 1. The smallest absolute Gasteiger partial charge is 0.125 e. The van der Waals surface area contributed by atoms with E-state index in [1.165, 1.54) is 0 Å². The van der Waals surface area contributed by atoms with Gasteiger partial charge in [-0.2, -0.15) is 0 Å². The van der Waals surface area contributed by atoms with Gasteiger partial charge >= 0.3 is 0 Å². The van der Waals surface area contributed by atoms with Crippen molar-refractivity contribution in [1.82, 2.24) is 0 Å². The molecule has 0 saturated heterocycles. The number of halogens is 1. The van der Waals surface area contributed by atoms with Crippen LogP contribution in [0.2, 0.25) is 5.02 Å². The van der Waals surface area contributed by atoms with Crippen molar-refractivity contribution in [3.05, 3.63) is 34.3 Å². The molecule has 0 radical (unpaired) electrons. The van der Waals surface area contributed by atoms with Crippen molar-refractivity contribution in [2.24, 2.45) is 0 Å². The molecule has 1 aliphatic rings. The summed E-state index contributed by atoms with van der Waals surface area (Å²) in [4.78, 5) is 0. The summed E-state index contributed by atoms with van der Waals surface area (Å²) in [7, 11) is 0. The van der Waals surface area contributed by atoms with E-state index in [1.807, 2.05) is 25.1 Å². The zero-order valence-electron chi connectivity index (χ0n) is 9.39. The maximum Gasteiger partial charge on any atom is 0.125 e. The Hall–Kier alpha value is -0.970. The fraction of sp³-hybridized carbons (Fsp3) is 0.429. The lowest BCUT2D eigenvalue weighted by Gasteiger charge is -2.13. The molecular formula is C14H15ClO. The lowest BCUT2D eigenvalue weighted by atomic mass is 10.0. The van der Waals surface area contributed by atoms with Crippen LogP contribution in [0, 0.1) is 18.8 Å². The lowest BCUT2D eigenvalue weighted by molar-refractivity contribution is 0.110. The Morgan fingerprint density at radius 2 is 2.00 bits per heavy atom. The Morgan fingerprint density at radius 3 is 2.62 bits per heavy atom. The van der Waals surface area contributed by atoms with Gasteiger partial charge < -0.3 is 5.11 Å². The van der Waals surface area contributed by atoms with Gasteiger partial charge in [-0.3, -0.25) is 0 Å². The van der Waals surface area contributed by atoms with Gasteiger partial charge in [0.25, 0.3) is 0 Å². The van der Waals surface area contributed by atoms with Crippen molar-refractivity contribution < 1.29 is 5.11 Å². The summed E-state index contributed by atoms with van der Waals surface area (Å²) in [6, 6.07) is 5.63. The predicted molar refractivity (Wildman–Crippen MR) is 66.5 cm³/mol. The zero-order valence-corrected chi connectivity index (χ0v) is 10.1. The Kier molecular flexibility index (Phi) is 3.23. The van der Waals surface area contributed by atoms with E-state index in [-0.39, 0.29) is 0 Å². The Labute approximate surface area is 101 Å². The molecule has 0 heterocycles. The van der Waals surface area contributed by atoms with Crippen LogP contribution in [0.4, 0.5) is 0 Å². The highest BCUT2D eigenvalue weighted by molar-refractivity contribution is 6.30. The number of hydrogen-bond acceptors (Lipinski definition) is 1. The van der Waals surface area contributed by atoms with E-state index in [0.717, 1.165) is 41.8 Å². The molecule has 1 nitrogen and oxygen atoms in total. The average Bonchev–Trinajstić information content (AvgIpc) is 2.64. The minimum atomic E-state index is -0.758. The van der Waals surface area contributed by atoms with Crippen LogP contribution in [0.1, 0.15) is 36.8 Å². The number of benzene rings is 1. The van der Waals surface area contributed by atoms with Gasteiger partial charge in [0.05, 0.1) is 0 Å². The highest BCUT2D eigenvalue weighted by atomic mass is 35.5. The van der Waals surface area contributed by atoms with Crippen molar-refractivity contribution in [3.63, 3.8) is 0 Å². The average molecular weight is 235 g/mol. The van der Waals surface area contributed by atoms with Crippen LogP contribution in [-0.4, -0.2) is 10.7 Å². The number of rotatable bonds is 0. The van der Waals surface area contributed by atoms with E-state index in [0.29, 0.717) is 0 Å². The van der Waals surface area contributed by atoms with Crippen molar-refractivity contribution in [3.8, 4) is 11.8 Å². The molecule has 1 aromatic carbocycles. The third-order valence-corrected chi connectivity index (χ3v) is 3.28. The summed E-state index contributed by atoms with van der Waals surface area (Å²) in [6.07, 6.45) is 3.74. The molecule has 16 heavy (non-hydrogen) atoms. The van der Waals surface area contributed by atoms with Crippen molar-refractivity contribution in [1.29, 1.82) is 0 Å². The summed E-state index contributed by atoms with van der Waals surface area (Å²) < 4.78 is 0. The summed E-state index contributed by atoms with van der Waals surface area (Å²) in [5.74, 6) is 6.06. The lowest BCUT2D eigenvalue weighted by Crippen LogP contribution is -2.20. The van der Waals surface area contributed by atoms with Gasteiger partial charge in [0.2, 0.25) is 0 Å². The minimum Gasteiger partial charge on any atom is -0.378 e. The van der Waals surface area contributed by atoms with E-state index >= 15 is 0 Å². The van der Waals surface area contributed by atoms with Crippen LogP contribution >= 0.6 is 11.6 Å². The van der Waals surface area contributed by atoms with E-state index in [9.17, 15) is 5.11 Å². The third-order valence-electron chi connectivity index (χ3n) is 3.05. The fourth-order valence-electron chi connectivity index (χ4n) is 2.04. The maximum atomic E-state index is 10.1. The topological polar surface area (TPSA) is 20.2 Å². The van der Waals surface area contributed by atoms with Gasteiger partial charge in [-0.25, -0.2) is 0 Å². The molecule has 1 saturated carbocycles. The van der Waals surface area contributed by atoms with Gasteiger partial charge in [-0.15, -0.1) is 0 Å². The highest BCUT2D eigenvalue weighted by Gasteiger charge is 2.28. The zero-order chi connectivity index (χ0) is 11.6. The predicted octanol–water partition coefficient (Wildman–Crippen LogP) is 3.31. The summed E-state index contributed by atoms with van der Waals surface area (Å²) >= 11 is 5.87. The van der Waals surface area contributed by atoms with Gasteiger partial charge in [0.1, 0.15) is 5.60 Å². The van der Waals surface area contributed by atoms with Gasteiger partial charge in [0, 0.05) is 10.6 Å². The first kappa shape index (κ1) is 11.5. The first-order chi connectivity index (χ1) is 7.59. The Balaban J connectivity index is 2.23. The van der Waals surface area contributed by atoms with E-state index in [4.69, 9.17) is 11.6 Å². The molecule has 1 N–H and O–H groups in total. The molecule has 0 aliphatic heterocycles. The molecular weight excluding hydrogens is 220 g/mol. The Morgan fingerprint density at radius 1 is 1.31 bits per heavy atom. The standard InChI is InChI=1S/C14H15ClO/c1-11-10-13(15)5-4-12(11)6-9-14(16)7-2-3-8-14/h4-5,10,16H,2-3,7-8H2,1H3. The summed E-state index contributed by atoms with van der Waals surface area (Å²) in [6.45, 7) is 1.98. The van der Waals surface area contributed by atoms with Crippen LogP contribution in [0.3, 0.4) is 0 Å². The van der Waals surface area contributed by atoms with Crippen LogP contribution in [0.15, 0.2) is 18.2 Å². The molecule has 84 valence electrons. The molecule has 2 rings (SSSR count). The molecule has 0 amide bonds. The van der Waals surface area contributed by atoms with Crippen LogP contribution in [0.5, 0.6) is 0 Å². The molecule has 0 aromatic heterocycles. The molecule has 1 aliphatic carbocycles. The summed E-state index contributed by atoms with van der Waals surface area (Å²) in [5, 5.41) is 10.8. The van der Waals surface area contributed by atoms with Gasteiger partial charge in [0.15, 0.2) is 0 Å². The molecule has 0 unspecified atom stereocenters. The second-order valence-corrected chi connectivity index (χ2v) is 4.88. The molecule has 0 spiro atoms. The molecule has 0 bridgehead atoms. The van der Waals surface area contributed by atoms with Gasteiger partial charge in [-0.1, -0.05) is 23.4 Å². The van der Waals surface area contributed by atoms with E-state index in [1.54, 1.807) is 0 Å². The fourth-order valence-corrected chi connectivity index (χ4v) is 2.26. The van der Waals surface area contributed by atoms with Crippen LogP contribution in [-0.2, 0) is 0 Å². The van der Waals surface area contributed by atoms with Crippen LogP contribution < -0.4 is 0 Å². The highest BCUT2D eigenvalue weighted by Crippen LogP contribution is 2.28. The monoisotopic (exact) mass is 234 g/mol. The Bertz CT molecular complexity index is 448. The third kappa shape index (κ3) is 2.58. The van der Waals surface area contributed by atoms with E-state index < -0.39 is 5.60 Å². The van der Waals surface area contributed by atoms with Crippen molar-refractivity contribution in [2.45, 2.75) is 38.2 Å². The number of hydrogen-bond donors (Lipinski definition) is 1. The first-order valence-electron chi connectivity index (χ1n) is 5.61. The largest absolute Gasteiger partial charge is 0.378 e. The molecule has 1 fully saturated rings. The van der Waals surface area contributed by atoms with E-state index in [2.05, 4.69) is 11.8 Å². The SMILES string of the molecule is Cc1cc(Cl)ccc1C#CC1(O)CCCC1. The molecule has 2 heteroatoms. The normalized spacial score (nSPS) is 17.9. The second kappa shape index (κ2) is 4.49. The van der Waals surface area contributed by atoms with Crippen molar-refractivity contribution in [2.75, 3.05) is 0 Å². The minimum absolute atomic E-state index is 0.725. The first-order valence-corrected chi connectivity index (χ1v) is 5.99. The molecule has 1 aromatic rings. The second-order valence-electron chi connectivity index (χ2n) is 4.45. The maximum absolute atomic E-state index is 10.1. The van der Waals surface area contributed by atoms with Crippen LogP contribution in [0.25, 0.3) is 0 Å². The van der Waals surface area contributed by atoms with Crippen molar-refractivity contribution >= 4 is 11.6 Å². The van der Waals surface area contributed by atoms with Gasteiger partial charge in [-0.05, 0) is 56.4 Å². The molecule has 0 atom stereocenters. The summed E-state index contributed by atoms with van der Waals surface area (Å²) in [5.41, 5.74) is 1.25. The quantitative estimate of drug-likeness (QED) is 0.683. The number of aryl methyl sites for hydroxylation is 1.